The first kappa shape index (κ1) is 11.6. The quantitative estimate of drug-likeness (QED) is 0.611. The van der Waals surface area contributed by atoms with Gasteiger partial charge in [-0.2, -0.15) is 0 Å². The van der Waals surface area contributed by atoms with Crippen LogP contribution in [0.2, 0.25) is 0 Å². The van der Waals surface area contributed by atoms with Gasteiger partial charge in [-0.1, -0.05) is 49.7 Å². The SMILES string of the molecule is CC(C)(C)C1=PC(C(C)(C)C)P1O. The second kappa shape index (κ2) is 3.30. The third-order valence-corrected chi connectivity index (χ3v) is 8.38. The van der Waals surface area contributed by atoms with E-state index in [9.17, 15) is 4.89 Å². The summed E-state index contributed by atoms with van der Waals surface area (Å²) < 4.78 is 0. The molecular weight excluding hydrogens is 198 g/mol. The molecule has 1 aliphatic rings. The summed E-state index contributed by atoms with van der Waals surface area (Å²) in [5.41, 5.74) is 0.459. The molecule has 0 aliphatic carbocycles. The molecule has 0 aromatic rings. The molecule has 1 aliphatic heterocycles. The largest absolute Gasteiger partial charge is 0.368 e. The molecule has 0 fully saturated rings. The van der Waals surface area contributed by atoms with Crippen molar-refractivity contribution in [2.24, 2.45) is 10.8 Å². The standard InChI is InChI=1S/C10H20OP2/c1-9(2,3)7-12-8(13(7)11)10(4,5)6/h7,11H,1-6H3. The van der Waals surface area contributed by atoms with E-state index in [-0.39, 0.29) is 10.8 Å². The molecule has 1 heterocycles. The monoisotopic (exact) mass is 218 g/mol. The maximum atomic E-state index is 10.1. The number of hydrogen-bond donors (Lipinski definition) is 1. The van der Waals surface area contributed by atoms with E-state index in [1.54, 1.807) is 0 Å². The van der Waals surface area contributed by atoms with E-state index in [2.05, 4.69) is 41.5 Å². The van der Waals surface area contributed by atoms with Crippen LogP contribution in [0.5, 0.6) is 0 Å². The van der Waals surface area contributed by atoms with Crippen molar-refractivity contribution in [3.8, 4) is 0 Å². The summed E-state index contributed by atoms with van der Waals surface area (Å²) in [6.45, 7) is 13.2. The molecule has 3 heteroatoms. The van der Waals surface area contributed by atoms with Gasteiger partial charge in [0.1, 0.15) is 0 Å². The number of hydrogen-bond acceptors (Lipinski definition) is 1. The Labute approximate surface area is 84.6 Å². The summed E-state index contributed by atoms with van der Waals surface area (Å²) in [6, 6.07) is 0. The topological polar surface area (TPSA) is 20.2 Å². The van der Waals surface area contributed by atoms with Crippen molar-refractivity contribution >= 4 is 21.4 Å². The first-order chi connectivity index (χ1) is 5.64. The summed E-state index contributed by atoms with van der Waals surface area (Å²) in [5, 5.41) is 1.86. The van der Waals surface area contributed by atoms with E-state index in [0.717, 1.165) is 0 Å². The Kier molecular flexibility index (Phi) is 2.95. The van der Waals surface area contributed by atoms with Crippen LogP contribution >= 0.6 is 16.4 Å². The molecule has 0 aromatic heterocycles. The van der Waals surface area contributed by atoms with Gasteiger partial charge < -0.3 is 4.89 Å². The zero-order valence-corrected chi connectivity index (χ0v) is 11.2. The fourth-order valence-corrected chi connectivity index (χ4v) is 5.51. The van der Waals surface area contributed by atoms with Gasteiger partial charge in [0, 0.05) is 5.03 Å². The van der Waals surface area contributed by atoms with Crippen molar-refractivity contribution in [2.75, 3.05) is 0 Å². The van der Waals surface area contributed by atoms with Gasteiger partial charge in [0.05, 0.1) is 13.5 Å². The predicted molar refractivity (Wildman–Crippen MR) is 63.8 cm³/mol. The minimum atomic E-state index is -0.816. The molecule has 0 bridgehead atoms. The van der Waals surface area contributed by atoms with Crippen LogP contribution in [0.1, 0.15) is 41.5 Å². The molecule has 13 heavy (non-hydrogen) atoms. The van der Waals surface area contributed by atoms with Gasteiger partial charge in [-0.25, -0.2) is 0 Å². The zero-order chi connectivity index (χ0) is 10.4. The van der Waals surface area contributed by atoms with Gasteiger partial charge in [-0.3, -0.25) is 0 Å². The van der Waals surface area contributed by atoms with E-state index in [4.69, 9.17) is 0 Å². The minimum absolute atomic E-state index is 0.198. The van der Waals surface area contributed by atoms with Crippen LogP contribution in [0.15, 0.2) is 0 Å². The Hall–Kier alpha value is 0.560. The van der Waals surface area contributed by atoms with E-state index < -0.39 is 8.15 Å². The molecule has 2 unspecified atom stereocenters. The van der Waals surface area contributed by atoms with Crippen molar-refractivity contribution in [3.63, 3.8) is 0 Å². The van der Waals surface area contributed by atoms with Gasteiger partial charge >= 0.3 is 0 Å². The Morgan fingerprint density at radius 2 is 1.62 bits per heavy atom. The molecule has 2 atom stereocenters. The summed E-state index contributed by atoms with van der Waals surface area (Å²) in [4.78, 5) is 10.1. The summed E-state index contributed by atoms with van der Waals surface area (Å²) in [7, 11) is 0.570. The molecule has 0 radical (unpaired) electrons. The normalized spacial score (nSPS) is 30.8. The van der Waals surface area contributed by atoms with Gasteiger partial charge in [0.15, 0.2) is 0 Å². The van der Waals surface area contributed by atoms with Crippen LogP contribution in [0.4, 0.5) is 0 Å². The van der Waals surface area contributed by atoms with Crippen LogP contribution < -0.4 is 0 Å². The second-order valence-electron chi connectivity index (χ2n) is 5.79. The van der Waals surface area contributed by atoms with Gasteiger partial charge in [-0.15, -0.1) is 0 Å². The maximum absolute atomic E-state index is 10.1. The van der Waals surface area contributed by atoms with Crippen molar-refractivity contribution in [1.29, 1.82) is 0 Å². The van der Waals surface area contributed by atoms with Crippen LogP contribution in [-0.2, 0) is 0 Å². The first-order valence-electron chi connectivity index (χ1n) is 4.70. The summed E-state index contributed by atoms with van der Waals surface area (Å²) >= 11 is 0. The fraction of sp³-hybridized carbons (Fsp3) is 0.900. The predicted octanol–water partition coefficient (Wildman–Crippen LogP) is 3.88. The Morgan fingerprint density at radius 1 is 1.15 bits per heavy atom. The summed E-state index contributed by atoms with van der Waals surface area (Å²) in [6.07, 6.45) is 0. The lowest BCUT2D eigenvalue weighted by molar-refractivity contribution is 0.437. The highest BCUT2D eigenvalue weighted by atomic mass is 31.2. The van der Waals surface area contributed by atoms with Crippen LogP contribution in [0, 0.1) is 10.8 Å². The van der Waals surface area contributed by atoms with Crippen LogP contribution in [0.3, 0.4) is 0 Å². The molecule has 1 rings (SSSR count). The van der Waals surface area contributed by atoms with Gasteiger partial charge in [-0.05, 0) is 10.8 Å². The van der Waals surface area contributed by atoms with Crippen molar-refractivity contribution in [3.05, 3.63) is 0 Å². The third-order valence-electron chi connectivity index (χ3n) is 2.14. The average Bonchev–Trinajstić information content (AvgIpc) is 1.77. The lowest BCUT2D eigenvalue weighted by Crippen LogP contribution is -2.33. The zero-order valence-electron chi connectivity index (χ0n) is 9.42. The highest BCUT2D eigenvalue weighted by Crippen LogP contribution is 2.66. The maximum Gasteiger partial charge on any atom is 0.0692 e. The number of rotatable bonds is 0. The van der Waals surface area contributed by atoms with Gasteiger partial charge in [0.2, 0.25) is 0 Å². The lowest BCUT2D eigenvalue weighted by Gasteiger charge is -2.44. The Balaban J connectivity index is 2.80. The van der Waals surface area contributed by atoms with E-state index in [0.29, 0.717) is 5.40 Å². The van der Waals surface area contributed by atoms with Crippen molar-refractivity contribution in [1.82, 2.24) is 0 Å². The van der Waals surface area contributed by atoms with E-state index >= 15 is 0 Å². The van der Waals surface area contributed by atoms with Crippen LogP contribution in [0.25, 0.3) is 0 Å². The molecule has 0 saturated heterocycles. The van der Waals surface area contributed by atoms with Crippen LogP contribution in [-0.4, -0.2) is 15.3 Å². The molecule has 0 aromatic carbocycles. The molecule has 0 amide bonds. The van der Waals surface area contributed by atoms with Crippen molar-refractivity contribution < 1.29 is 4.89 Å². The molecule has 0 spiro atoms. The van der Waals surface area contributed by atoms with E-state index in [1.807, 2.05) is 0 Å². The smallest absolute Gasteiger partial charge is 0.0692 e. The molecular formula is C10H20OP2. The molecule has 1 nitrogen and oxygen atoms in total. The second-order valence-corrected chi connectivity index (χ2v) is 9.42. The van der Waals surface area contributed by atoms with Crippen molar-refractivity contribution in [2.45, 2.75) is 46.9 Å². The average molecular weight is 218 g/mol. The van der Waals surface area contributed by atoms with Gasteiger partial charge in [0.25, 0.3) is 0 Å². The third kappa shape index (κ3) is 2.32. The summed E-state index contributed by atoms with van der Waals surface area (Å²) in [5.74, 6) is 0. The van der Waals surface area contributed by atoms with E-state index in [1.165, 1.54) is 13.2 Å². The molecule has 1 N–H and O–H groups in total. The Bertz CT molecular complexity index is 232. The molecule has 0 saturated carbocycles. The Morgan fingerprint density at radius 3 is 1.85 bits per heavy atom. The highest BCUT2D eigenvalue weighted by molar-refractivity contribution is 7.95. The fourth-order valence-electron chi connectivity index (χ4n) is 1.39. The highest BCUT2D eigenvalue weighted by Gasteiger charge is 2.44. The first-order valence-corrected chi connectivity index (χ1v) is 7.03. The lowest BCUT2D eigenvalue weighted by atomic mass is 9.99. The minimum Gasteiger partial charge on any atom is -0.368 e. The molecule has 76 valence electrons.